The molecule has 0 fully saturated rings. The van der Waals surface area contributed by atoms with Crippen LogP contribution in [-0.4, -0.2) is 124 Å². The van der Waals surface area contributed by atoms with Crippen LogP contribution in [0.2, 0.25) is 0 Å². The van der Waals surface area contributed by atoms with E-state index in [0.717, 1.165) is 49.3 Å². The fourth-order valence-corrected chi connectivity index (χ4v) is 7.32. The molecule has 1 heterocycles. The van der Waals surface area contributed by atoms with Gasteiger partial charge in [0.2, 0.25) is 17.7 Å². The van der Waals surface area contributed by atoms with E-state index in [1.54, 1.807) is 0 Å². The summed E-state index contributed by atoms with van der Waals surface area (Å²) in [4.78, 5) is 39.6. The molecule has 0 saturated heterocycles. The molecule has 0 aliphatic carbocycles. The van der Waals surface area contributed by atoms with Crippen molar-refractivity contribution in [3.63, 3.8) is 0 Å². The fraction of sp³-hybridized carbons (Fsp3) is 0.578. The summed E-state index contributed by atoms with van der Waals surface area (Å²) in [5.41, 5.74) is 2.15. The average Bonchev–Trinajstić information content (AvgIpc) is 3.61. The molecule has 2 aromatic carbocycles. The third kappa shape index (κ3) is 19.7. The van der Waals surface area contributed by atoms with E-state index >= 15 is 4.39 Å². The van der Waals surface area contributed by atoms with Crippen molar-refractivity contribution in [3.05, 3.63) is 83.7 Å². The minimum Gasteiger partial charge on any atom is -0.377 e. The summed E-state index contributed by atoms with van der Waals surface area (Å²) < 4.78 is 53.5. The summed E-state index contributed by atoms with van der Waals surface area (Å²) in [6.07, 6.45) is 3.85. The quantitative estimate of drug-likeness (QED) is 0.0645. The summed E-state index contributed by atoms with van der Waals surface area (Å²) in [6.45, 7) is 16.7. The SMILES string of the molecule is CCCNCCCN(C(=O)CSCCC(=O)NCCOCCOCCOCCOCCNC(C)=O)[C@@H](c1cc(-c2cc(F)ccc2F)cn1Cc1ccccc1)C(C)(C)C. The van der Waals surface area contributed by atoms with Gasteiger partial charge in [-0.25, -0.2) is 8.78 Å². The second kappa shape index (κ2) is 28.6. The molecule has 15 heteroatoms. The van der Waals surface area contributed by atoms with E-state index in [1.165, 1.54) is 24.8 Å². The Morgan fingerprint density at radius 2 is 1.45 bits per heavy atom. The maximum absolute atomic E-state index is 15.2. The zero-order valence-corrected chi connectivity index (χ0v) is 37.0. The number of carbonyl (C=O) groups is 3. The summed E-state index contributed by atoms with van der Waals surface area (Å²) in [6, 6.07) is 14.9. The topological polar surface area (TPSA) is 132 Å². The first-order chi connectivity index (χ1) is 28.9. The summed E-state index contributed by atoms with van der Waals surface area (Å²) in [5, 5.41) is 8.97. The lowest BCUT2D eigenvalue weighted by molar-refractivity contribution is -0.133. The Morgan fingerprint density at radius 3 is 2.07 bits per heavy atom. The molecule has 3 amide bonds. The first-order valence-electron chi connectivity index (χ1n) is 21.0. The lowest BCUT2D eigenvalue weighted by Crippen LogP contribution is -2.44. The molecule has 0 aliphatic rings. The normalized spacial score (nSPS) is 12.1. The molecule has 0 spiro atoms. The van der Waals surface area contributed by atoms with Crippen LogP contribution in [0.5, 0.6) is 0 Å². The second-order valence-electron chi connectivity index (χ2n) is 15.4. The van der Waals surface area contributed by atoms with Gasteiger partial charge in [-0.2, -0.15) is 11.8 Å². The Kier molecular flexibility index (Phi) is 24.1. The monoisotopic (exact) mass is 859 g/mol. The molecule has 3 aromatic rings. The highest BCUT2D eigenvalue weighted by atomic mass is 32.2. The molecule has 1 atom stereocenters. The van der Waals surface area contributed by atoms with Crippen molar-refractivity contribution < 1.29 is 42.1 Å². The number of ether oxygens (including phenoxy) is 4. The molecule has 0 aliphatic heterocycles. The number of benzene rings is 2. The number of nitrogens with one attached hydrogen (secondary N) is 3. The Bertz CT molecular complexity index is 1690. The average molecular weight is 860 g/mol. The van der Waals surface area contributed by atoms with E-state index in [0.29, 0.717) is 90.4 Å². The van der Waals surface area contributed by atoms with Crippen molar-refractivity contribution >= 4 is 29.5 Å². The number of amides is 3. The molecule has 1 aromatic heterocycles. The van der Waals surface area contributed by atoms with Crippen molar-refractivity contribution in [2.45, 2.75) is 66.5 Å². The molecule has 334 valence electrons. The maximum Gasteiger partial charge on any atom is 0.233 e. The first-order valence-corrected chi connectivity index (χ1v) is 22.2. The van der Waals surface area contributed by atoms with Crippen molar-refractivity contribution in [1.29, 1.82) is 0 Å². The van der Waals surface area contributed by atoms with Gasteiger partial charge >= 0.3 is 0 Å². The van der Waals surface area contributed by atoms with Gasteiger partial charge in [-0.15, -0.1) is 0 Å². The molecule has 0 radical (unpaired) electrons. The molecule has 3 N–H and O–H groups in total. The number of hydrogen-bond donors (Lipinski definition) is 3. The van der Waals surface area contributed by atoms with E-state index in [-0.39, 0.29) is 35.5 Å². The number of hydrogen-bond acceptors (Lipinski definition) is 9. The van der Waals surface area contributed by atoms with E-state index in [1.807, 2.05) is 47.5 Å². The number of carbonyl (C=O) groups excluding carboxylic acids is 3. The van der Waals surface area contributed by atoms with E-state index < -0.39 is 23.1 Å². The third-order valence-electron chi connectivity index (χ3n) is 9.28. The lowest BCUT2D eigenvalue weighted by Gasteiger charge is -2.41. The van der Waals surface area contributed by atoms with Crippen LogP contribution in [-0.2, 0) is 39.9 Å². The minimum absolute atomic E-state index is 0.0480. The van der Waals surface area contributed by atoms with Gasteiger partial charge in [0.05, 0.1) is 64.6 Å². The smallest absolute Gasteiger partial charge is 0.233 e. The summed E-state index contributed by atoms with van der Waals surface area (Å²) in [7, 11) is 0. The van der Waals surface area contributed by atoms with E-state index in [2.05, 4.69) is 48.2 Å². The first kappa shape index (κ1) is 50.5. The van der Waals surface area contributed by atoms with Crippen LogP contribution in [0.4, 0.5) is 8.78 Å². The second-order valence-corrected chi connectivity index (χ2v) is 16.5. The van der Waals surface area contributed by atoms with Crippen LogP contribution in [0.15, 0.2) is 60.8 Å². The highest BCUT2D eigenvalue weighted by molar-refractivity contribution is 7.99. The molecular formula is C45H67F2N5O7S. The summed E-state index contributed by atoms with van der Waals surface area (Å²) in [5.74, 6) is -0.635. The van der Waals surface area contributed by atoms with Gasteiger partial charge < -0.3 is 44.4 Å². The number of halogens is 2. The number of thioether (sulfide) groups is 1. The van der Waals surface area contributed by atoms with Gasteiger partial charge in [0.15, 0.2) is 0 Å². The van der Waals surface area contributed by atoms with Gasteiger partial charge in [-0.1, -0.05) is 58.0 Å². The predicted molar refractivity (Wildman–Crippen MR) is 234 cm³/mol. The maximum atomic E-state index is 15.2. The Morgan fingerprint density at radius 1 is 0.817 bits per heavy atom. The van der Waals surface area contributed by atoms with Crippen LogP contribution in [0, 0.1) is 17.0 Å². The van der Waals surface area contributed by atoms with Crippen molar-refractivity contribution in [1.82, 2.24) is 25.4 Å². The van der Waals surface area contributed by atoms with E-state index in [4.69, 9.17) is 18.9 Å². The van der Waals surface area contributed by atoms with Crippen LogP contribution >= 0.6 is 11.8 Å². The Balaban J connectivity index is 1.52. The van der Waals surface area contributed by atoms with Crippen molar-refractivity contribution in [3.8, 4) is 11.1 Å². The fourth-order valence-electron chi connectivity index (χ4n) is 6.51. The van der Waals surface area contributed by atoms with Gasteiger partial charge in [-0.3, -0.25) is 14.4 Å². The van der Waals surface area contributed by atoms with Gasteiger partial charge in [-0.05, 0) is 61.2 Å². The zero-order valence-electron chi connectivity index (χ0n) is 36.2. The number of nitrogens with zero attached hydrogens (tertiary/aromatic N) is 2. The molecule has 3 rings (SSSR count). The molecular weight excluding hydrogens is 793 g/mol. The minimum atomic E-state index is -0.525. The third-order valence-corrected chi connectivity index (χ3v) is 10.2. The van der Waals surface area contributed by atoms with Crippen LogP contribution < -0.4 is 16.0 Å². The molecule has 0 unspecified atom stereocenters. The largest absolute Gasteiger partial charge is 0.377 e. The highest BCUT2D eigenvalue weighted by Crippen LogP contribution is 2.41. The van der Waals surface area contributed by atoms with Crippen LogP contribution in [0.25, 0.3) is 11.1 Å². The molecule has 60 heavy (non-hydrogen) atoms. The summed E-state index contributed by atoms with van der Waals surface area (Å²) >= 11 is 1.42. The van der Waals surface area contributed by atoms with Crippen molar-refractivity contribution in [2.75, 3.05) is 97.1 Å². The Hall–Kier alpha value is -3.86. The highest BCUT2D eigenvalue weighted by Gasteiger charge is 2.37. The molecule has 0 saturated carbocycles. The van der Waals surface area contributed by atoms with Crippen LogP contribution in [0.3, 0.4) is 0 Å². The van der Waals surface area contributed by atoms with Gasteiger partial charge in [0.25, 0.3) is 0 Å². The zero-order chi connectivity index (χ0) is 43.6. The van der Waals surface area contributed by atoms with Gasteiger partial charge in [0.1, 0.15) is 11.6 Å². The van der Waals surface area contributed by atoms with Gasteiger partial charge in [0, 0.05) is 68.3 Å². The van der Waals surface area contributed by atoms with Crippen molar-refractivity contribution in [2.24, 2.45) is 5.41 Å². The lowest BCUT2D eigenvalue weighted by atomic mass is 9.83. The Labute approximate surface area is 359 Å². The standard InChI is InChI=1S/C45H67F2N5O7S/c1-6-16-48-17-10-20-52(43(55)34-60-29-15-42(54)50-19-22-57-24-26-59-28-27-58-25-23-56-21-18-49-35(2)53)44(45(3,4)5)41-30-37(39-31-38(46)13-14-40(39)47)33-51(41)32-36-11-8-7-9-12-36/h7-9,11-14,30-31,33,44,48H,6,10,15-29,32,34H2,1-5H3,(H,49,53)(H,50,54)/t44-/m0/s1. The van der Waals surface area contributed by atoms with Crippen LogP contribution in [0.1, 0.15) is 71.2 Å². The number of aromatic nitrogens is 1. The molecule has 0 bridgehead atoms. The van der Waals surface area contributed by atoms with E-state index in [9.17, 15) is 18.8 Å². The molecule has 12 nitrogen and oxygen atoms in total. The number of rotatable bonds is 31. The predicted octanol–water partition coefficient (Wildman–Crippen LogP) is 6.23.